The molecule has 1 saturated heterocycles. The molecule has 2 aromatic carbocycles. The number of nitrogens with one attached hydrogen (secondary N) is 1. The van der Waals surface area contributed by atoms with Crippen molar-refractivity contribution in [1.82, 2.24) is 9.97 Å². The number of carboxylic acid groups (broad SMARTS) is 1. The summed E-state index contributed by atoms with van der Waals surface area (Å²) in [4.78, 5) is 37.4. The molecule has 1 aromatic heterocycles. The van der Waals surface area contributed by atoms with E-state index in [4.69, 9.17) is 21.6 Å². The average Bonchev–Trinajstić information content (AvgIpc) is 3.40. The van der Waals surface area contributed by atoms with E-state index in [1.54, 1.807) is 18.2 Å². The van der Waals surface area contributed by atoms with Crippen molar-refractivity contribution in [2.75, 3.05) is 42.3 Å². The van der Waals surface area contributed by atoms with Crippen molar-refractivity contribution in [1.29, 1.82) is 0 Å². The number of aromatic nitrogens is 2. The van der Waals surface area contributed by atoms with E-state index in [0.29, 0.717) is 40.2 Å². The summed E-state index contributed by atoms with van der Waals surface area (Å²) in [6.07, 6.45) is 5.69. The maximum atomic E-state index is 12.3. The van der Waals surface area contributed by atoms with E-state index in [2.05, 4.69) is 10.2 Å². The molecule has 37 heavy (non-hydrogen) atoms. The monoisotopic (exact) mass is 519 g/mol. The molecule has 0 unspecified atom stereocenters. The molecule has 9 heteroatoms. The number of rotatable bonds is 9. The summed E-state index contributed by atoms with van der Waals surface area (Å²) >= 11 is 5.89. The Kier molecular flexibility index (Phi) is 8.40. The highest BCUT2D eigenvalue weighted by Gasteiger charge is 2.24. The zero-order valence-corrected chi connectivity index (χ0v) is 21.7. The highest BCUT2D eigenvalue weighted by molar-refractivity contribution is 6.30. The molecular formula is C28H30ClN5O3. The highest BCUT2D eigenvalue weighted by atomic mass is 35.5. The number of benzene rings is 2. The molecule has 0 saturated carbocycles. The van der Waals surface area contributed by atoms with Gasteiger partial charge in [-0.3, -0.25) is 9.59 Å². The van der Waals surface area contributed by atoms with Crippen LogP contribution in [0.5, 0.6) is 0 Å². The number of carbonyl (C=O) groups is 2. The number of anilines is 3. The van der Waals surface area contributed by atoms with E-state index in [0.717, 1.165) is 37.1 Å². The summed E-state index contributed by atoms with van der Waals surface area (Å²) in [5.41, 5.74) is 3.19. The number of hydrogen-bond donors (Lipinski definition) is 2. The van der Waals surface area contributed by atoms with E-state index in [9.17, 15) is 14.7 Å². The lowest BCUT2D eigenvalue weighted by molar-refractivity contribution is -0.136. The van der Waals surface area contributed by atoms with Crippen LogP contribution in [0, 0.1) is 0 Å². The van der Waals surface area contributed by atoms with Gasteiger partial charge in [0.25, 0.3) is 0 Å². The number of amides is 1. The Hall–Kier alpha value is -3.91. The first-order valence-corrected chi connectivity index (χ1v) is 12.5. The number of carboxylic acids is 1. The van der Waals surface area contributed by atoms with Gasteiger partial charge in [-0.15, -0.1) is 0 Å². The van der Waals surface area contributed by atoms with Crippen LogP contribution in [0.2, 0.25) is 5.02 Å². The molecule has 192 valence electrons. The first-order valence-electron chi connectivity index (χ1n) is 12.2. The van der Waals surface area contributed by atoms with Gasteiger partial charge in [0, 0.05) is 56.0 Å². The van der Waals surface area contributed by atoms with E-state index in [1.807, 2.05) is 55.4 Å². The molecule has 2 N–H and O–H groups in total. The van der Waals surface area contributed by atoms with Crippen molar-refractivity contribution in [3.8, 4) is 0 Å². The molecule has 1 amide bonds. The Labute approximate surface area is 221 Å². The number of aliphatic carboxylic acids is 1. The van der Waals surface area contributed by atoms with Gasteiger partial charge in [-0.2, -0.15) is 0 Å². The van der Waals surface area contributed by atoms with Crippen LogP contribution >= 0.6 is 11.6 Å². The molecule has 2 heterocycles. The lowest BCUT2D eigenvalue weighted by Crippen LogP contribution is -2.26. The van der Waals surface area contributed by atoms with Crippen molar-refractivity contribution in [2.24, 2.45) is 0 Å². The zero-order chi connectivity index (χ0) is 26.4. The van der Waals surface area contributed by atoms with Crippen LogP contribution in [-0.2, 0) is 22.4 Å². The van der Waals surface area contributed by atoms with Crippen molar-refractivity contribution in [3.05, 3.63) is 82.1 Å². The maximum absolute atomic E-state index is 12.3. The first-order chi connectivity index (χ1) is 17.8. The molecule has 1 aliphatic rings. The topological polar surface area (TPSA) is 98.7 Å². The van der Waals surface area contributed by atoms with Crippen LogP contribution in [0.4, 0.5) is 17.3 Å². The standard InChI is InChI=1S/C28H30ClN5O3/c1-33(2)27-23(18-26(36)37)28(34-15-3-4-16-34)32-24(31-27)17-20-7-12-22(13-8-20)30-25(35)14-9-19-5-10-21(29)11-6-19/h5-14H,3-4,15-18H2,1-2H3,(H,30,35)(H,36,37). The van der Waals surface area contributed by atoms with Gasteiger partial charge in [0.1, 0.15) is 17.5 Å². The summed E-state index contributed by atoms with van der Waals surface area (Å²) in [7, 11) is 3.73. The van der Waals surface area contributed by atoms with Crippen molar-refractivity contribution >= 4 is 46.9 Å². The fraction of sp³-hybridized carbons (Fsp3) is 0.286. The average molecular weight is 520 g/mol. The van der Waals surface area contributed by atoms with Crippen molar-refractivity contribution in [2.45, 2.75) is 25.7 Å². The second kappa shape index (κ2) is 11.9. The van der Waals surface area contributed by atoms with Gasteiger partial charge in [-0.05, 0) is 54.3 Å². The Morgan fingerprint density at radius 2 is 1.73 bits per heavy atom. The predicted octanol–water partition coefficient (Wildman–Crippen LogP) is 4.67. The quantitative estimate of drug-likeness (QED) is 0.396. The van der Waals surface area contributed by atoms with E-state index in [-0.39, 0.29) is 12.3 Å². The van der Waals surface area contributed by atoms with Gasteiger partial charge in [-0.25, -0.2) is 9.97 Å². The molecule has 0 radical (unpaired) electrons. The number of halogens is 1. The van der Waals surface area contributed by atoms with Crippen LogP contribution in [0.3, 0.4) is 0 Å². The summed E-state index contributed by atoms with van der Waals surface area (Å²) < 4.78 is 0. The van der Waals surface area contributed by atoms with E-state index < -0.39 is 5.97 Å². The lowest BCUT2D eigenvalue weighted by atomic mass is 10.1. The van der Waals surface area contributed by atoms with Gasteiger partial charge in [0.2, 0.25) is 5.91 Å². The first kappa shape index (κ1) is 26.2. The third-order valence-corrected chi connectivity index (χ3v) is 6.30. The van der Waals surface area contributed by atoms with Gasteiger partial charge < -0.3 is 20.2 Å². The van der Waals surface area contributed by atoms with E-state index >= 15 is 0 Å². The fourth-order valence-electron chi connectivity index (χ4n) is 4.27. The molecule has 3 aromatic rings. The molecule has 4 rings (SSSR count). The SMILES string of the molecule is CN(C)c1nc(Cc2ccc(NC(=O)C=Cc3ccc(Cl)cc3)cc2)nc(N2CCCC2)c1CC(=O)O. The van der Waals surface area contributed by atoms with Crippen LogP contribution in [0.25, 0.3) is 6.08 Å². The molecule has 0 spiro atoms. The maximum Gasteiger partial charge on any atom is 0.308 e. The van der Waals surface area contributed by atoms with Crippen LogP contribution < -0.4 is 15.1 Å². The Morgan fingerprint density at radius 1 is 1.05 bits per heavy atom. The van der Waals surface area contributed by atoms with Gasteiger partial charge in [0.15, 0.2) is 0 Å². The van der Waals surface area contributed by atoms with Crippen molar-refractivity contribution < 1.29 is 14.7 Å². The number of carbonyl (C=O) groups excluding carboxylic acids is 1. The second-order valence-corrected chi connectivity index (χ2v) is 9.61. The largest absolute Gasteiger partial charge is 0.481 e. The van der Waals surface area contributed by atoms with Crippen molar-refractivity contribution in [3.63, 3.8) is 0 Å². The predicted molar refractivity (Wildman–Crippen MR) is 148 cm³/mol. The molecule has 0 atom stereocenters. The zero-order valence-electron chi connectivity index (χ0n) is 20.9. The minimum atomic E-state index is -0.902. The summed E-state index contributed by atoms with van der Waals surface area (Å²) in [5, 5.41) is 13.0. The third-order valence-electron chi connectivity index (χ3n) is 6.05. The summed E-state index contributed by atoms with van der Waals surface area (Å²) in [5.74, 6) is 0.838. The van der Waals surface area contributed by atoms with Gasteiger partial charge >= 0.3 is 5.97 Å². The second-order valence-electron chi connectivity index (χ2n) is 9.17. The fourth-order valence-corrected chi connectivity index (χ4v) is 4.40. The smallest absolute Gasteiger partial charge is 0.308 e. The third kappa shape index (κ3) is 7.07. The summed E-state index contributed by atoms with van der Waals surface area (Å²) in [6.45, 7) is 1.72. The normalized spacial score (nSPS) is 13.2. The van der Waals surface area contributed by atoms with Crippen LogP contribution in [0.1, 0.15) is 35.4 Å². The molecule has 0 bridgehead atoms. The van der Waals surface area contributed by atoms with Crippen LogP contribution in [-0.4, -0.2) is 54.1 Å². The molecule has 1 fully saturated rings. The van der Waals surface area contributed by atoms with Crippen LogP contribution in [0.15, 0.2) is 54.6 Å². The summed E-state index contributed by atoms with van der Waals surface area (Å²) in [6, 6.07) is 14.8. The molecule has 8 nitrogen and oxygen atoms in total. The van der Waals surface area contributed by atoms with Gasteiger partial charge in [0.05, 0.1) is 6.42 Å². The Balaban J connectivity index is 1.49. The Morgan fingerprint density at radius 3 is 2.35 bits per heavy atom. The van der Waals surface area contributed by atoms with Gasteiger partial charge in [-0.1, -0.05) is 35.9 Å². The minimum absolute atomic E-state index is 0.125. The minimum Gasteiger partial charge on any atom is -0.481 e. The Bertz CT molecular complexity index is 1280. The molecular weight excluding hydrogens is 490 g/mol. The number of nitrogens with zero attached hydrogens (tertiary/aromatic N) is 4. The molecule has 1 aliphatic heterocycles. The molecule has 0 aliphatic carbocycles. The number of hydrogen-bond acceptors (Lipinski definition) is 6. The lowest BCUT2D eigenvalue weighted by Gasteiger charge is -2.24. The highest BCUT2D eigenvalue weighted by Crippen LogP contribution is 2.30. The van der Waals surface area contributed by atoms with E-state index in [1.165, 1.54) is 6.08 Å².